The summed E-state index contributed by atoms with van der Waals surface area (Å²) in [6.07, 6.45) is -0.141. The summed E-state index contributed by atoms with van der Waals surface area (Å²) in [4.78, 5) is 0. The van der Waals surface area contributed by atoms with E-state index in [0.29, 0.717) is 18.9 Å². The number of nitrogens with one attached hydrogen (secondary N) is 1. The van der Waals surface area contributed by atoms with Crippen LogP contribution < -0.4 is 10.1 Å². The van der Waals surface area contributed by atoms with Crippen LogP contribution in [0, 0.1) is 0 Å². The zero-order valence-corrected chi connectivity index (χ0v) is 10.6. The Hall–Kier alpha value is -0.780. The molecule has 0 aromatic heterocycles. The van der Waals surface area contributed by atoms with E-state index >= 15 is 0 Å². The molecule has 1 unspecified atom stereocenters. The van der Waals surface area contributed by atoms with E-state index in [0.717, 1.165) is 16.6 Å². The molecule has 0 bridgehead atoms. The Morgan fingerprint density at radius 1 is 1.56 bits per heavy atom. The molecule has 0 aliphatic carbocycles. The number of benzene rings is 1. The highest BCUT2D eigenvalue weighted by molar-refractivity contribution is 9.10. The van der Waals surface area contributed by atoms with Crippen LogP contribution in [-0.4, -0.2) is 31.9 Å². The molecule has 1 heterocycles. The van der Waals surface area contributed by atoms with E-state index in [9.17, 15) is 5.11 Å². The van der Waals surface area contributed by atoms with Gasteiger partial charge in [0.1, 0.15) is 0 Å². The van der Waals surface area contributed by atoms with Crippen LogP contribution in [0.25, 0.3) is 0 Å². The van der Waals surface area contributed by atoms with E-state index in [2.05, 4.69) is 21.2 Å². The van der Waals surface area contributed by atoms with Crippen LogP contribution in [0.1, 0.15) is 11.7 Å². The third-order valence-electron chi connectivity index (χ3n) is 2.60. The van der Waals surface area contributed by atoms with Gasteiger partial charge in [0.2, 0.25) is 0 Å². The van der Waals surface area contributed by atoms with Crippen molar-refractivity contribution in [2.24, 2.45) is 0 Å². The topological polar surface area (TPSA) is 50.7 Å². The van der Waals surface area contributed by atoms with Crippen LogP contribution in [0.5, 0.6) is 11.5 Å². The van der Waals surface area contributed by atoms with Gasteiger partial charge in [-0.05, 0) is 12.1 Å². The second-order valence-corrected chi connectivity index (χ2v) is 4.43. The van der Waals surface area contributed by atoms with Crippen molar-refractivity contribution in [3.8, 4) is 11.5 Å². The van der Waals surface area contributed by atoms with Gasteiger partial charge in [0.05, 0.1) is 19.8 Å². The SMILES string of the molecule is COc1ccc(Br)c(C2CNCCO2)c1O. The van der Waals surface area contributed by atoms with Crippen LogP contribution in [0.2, 0.25) is 0 Å². The van der Waals surface area contributed by atoms with Crippen molar-refractivity contribution in [3.63, 3.8) is 0 Å². The van der Waals surface area contributed by atoms with Gasteiger partial charge in [0.15, 0.2) is 11.5 Å². The lowest BCUT2D eigenvalue weighted by Crippen LogP contribution is -2.33. The standard InChI is InChI=1S/C11H14BrNO3/c1-15-8-3-2-7(12)10(11(8)14)9-6-13-4-5-16-9/h2-3,9,13-14H,4-6H2,1H3. The molecule has 88 valence electrons. The third-order valence-corrected chi connectivity index (χ3v) is 3.29. The maximum atomic E-state index is 10.1. The number of halogens is 1. The molecule has 0 spiro atoms. The van der Waals surface area contributed by atoms with Gasteiger partial charge in [-0.1, -0.05) is 15.9 Å². The van der Waals surface area contributed by atoms with E-state index in [4.69, 9.17) is 9.47 Å². The largest absolute Gasteiger partial charge is 0.504 e. The molecule has 1 aliphatic rings. The molecule has 0 saturated carbocycles. The molecule has 1 atom stereocenters. The number of hydrogen-bond donors (Lipinski definition) is 2. The smallest absolute Gasteiger partial charge is 0.164 e. The highest BCUT2D eigenvalue weighted by atomic mass is 79.9. The van der Waals surface area contributed by atoms with Crippen LogP contribution >= 0.6 is 15.9 Å². The van der Waals surface area contributed by atoms with Gasteiger partial charge in [-0.3, -0.25) is 0 Å². The minimum absolute atomic E-state index is 0.141. The number of morpholine rings is 1. The van der Waals surface area contributed by atoms with Gasteiger partial charge < -0.3 is 19.9 Å². The lowest BCUT2D eigenvalue weighted by atomic mass is 10.1. The fourth-order valence-corrected chi connectivity index (χ4v) is 2.36. The molecule has 0 radical (unpaired) electrons. The Bertz CT molecular complexity index is 378. The van der Waals surface area contributed by atoms with E-state index in [1.54, 1.807) is 6.07 Å². The second kappa shape index (κ2) is 5.03. The van der Waals surface area contributed by atoms with Gasteiger partial charge in [-0.25, -0.2) is 0 Å². The molecule has 5 heteroatoms. The first-order valence-corrected chi connectivity index (χ1v) is 5.91. The molecular weight excluding hydrogens is 274 g/mol. The summed E-state index contributed by atoms with van der Waals surface area (Å²) < 4.78 is 11.5. The third kappa shape index (κ3) is 2.16. The number of hydrogen-bond acceptors (Lipinski definition) is 4. The number of phenolic OH excluding ortho intramolecular Hbond substituents is 1. The van der Waals surface area contributed by atoms with E-state index in [1.807, 2.05) is 6.07 Å². The summed E-state index contributed by atoms with van der Waals surface area (Å²) >= 11 is 3.42. The maximum Gasteiger partial charge on any atom is 0.164 e. The van der Waals surface area contributed by atoms with Crippen LogP contribution in [-0.2, 0) is 4.74 Å². The first-order chi connectivity index (χ1) is 7.74. The summed E-state index contributed by atoms with van der Waals surface area (Å²) in [7, 11) is 1.53. The number of phenols is 1. The molecule has 16 heavy (non-hydrogen) atoms. The molecule has 1 aromatic carbocycles. The summed E-state index contributed by atoms with van der Waals surface area (Å²) in [6, 6.07) is 3.57. The highest BCUT2D eigenvalue weighted by Crippen LogP contribution is 2.40. The van der Waals surface area contributed by atoms with Crippen molar-refractivity contribution in [2.75, 3.05) is 26.8 Å². The fraction of sp³-hybridized carbons (Fsp3) is 0.455. The van der Waals surface area contributed by atoms with Crippen molar-refractivity contribution >= 4 is 15.9 Å². The Morgan fingerprint density at radius 2 is 2.38 bits per heavy atom. The molecule has 1 fully saturated rings. The number of ether oxygens (including phenoxy) is 2. The van der Waals surface area contributed by atoms with E-state index in [1.165, 1.54) is 7.11 Å². The lowest BCUT2D eigenvalue weighted by Gasteiger charge is -2.25. The predicted molar refractivity (Wildman–Crippen MR) is 63.9 cm³/mol. The number of rotatable bonds is 2. The lowest BCUT2D eigenvalue weighted by molar-refractivity contribution is 0.0256. The summed E-state index contributed by atoms with van der Waals surface area (Å²) in [6.45, 7) is 2.19. The monoisotopic (exact) mass is 287 g/mol. The van der Waals surface area contributed by atoms with Gasteiger partial charge >= 0.3 is 0 Å². The molecule has 0 amide bonds. The van der Waals surface area contributed by atoms with Gasteiger partial charge in [0.25, 0.3) is 0 Å². The fourth-order valence-electron chi connectivity index (χ4n) is 1.79. The number of methoxy groups -OCH3 is 1. The minimum Gasteiger partial charge on any atom is -0.504 e. The molecule has 1 aliphatic heterocycles. The quantitative estimate of drug-likeness (QED) is 0.871. The van der Waals surface area contributed by atoms with Crippen molar-refractivity contribution < 1.29 is 14.6 Å². The maximum absolute atomic E-state index is 10.1. The molecule has 2 N–H and O–H groups in total. The molecule has 4 nitrogen and oxygen atoms in total. The Kier molecular flexibility index (Phi) is 3.68. The Labute approximate surface area is 103 Å². The summed E-state index contributed by atoms with van der Waals surface area (Å²) in [5, 5.41) is 13.3. The van der Waals surface area contributed by atoms with E-state index < -0.39 is 0 Å². The van der Waals surface area contributed by atoms with Crippen LogP contribution in [0.3, 0.4) is 0 Å². The zero-order chi connectivity index (χ0) is 11.5. The van der Waals surface area contributed by atoms with Crippen molar-refractivity contribution in [3.05, 3.63) is 22.2 Å². The zero-order valence-electron chi connectivity index (χ0n) is 9.00. The Balaban J connectivity index is 2.37. The van der Waals surface area contributed by atoms with Gasteiger partial charge in [0, 0.05) is 23.1 Å². The molecule has 2 rings (SSSR count). The van der Waals surface area contributed by atoms with Gasteiger partial charge in [-0.15, -0.1) is 0 Å². The highest BCUT2D eigenvalue weighted by Gasteiger charge is 2.23. The van der Waals surface area contributed by atoms with Crippen molar-refractivity contribution in [1.82, 2.24) is 5.32 Å². The van der Waals surface area contributed by atoms with Crippen LogP contribution in [0.4, 0.5) is 0 Å². The van der Waals surface area contributed by atoms with Crippen LogP contribution in [0.15, 0.2) is 16.6 Å². The van der Waals surface area contributed by atoms with E-state index in [-0.39, 0.29) is 11.9 Å². The average molecular weight is 288 g/mol. The first kappa shape index (κ1) is 11.7. The second-order valence-electron chi connectivity index (χ2n) is 3.58. The summed E-state index contributed by atoms with van der Waals surface area (Å²) in [5.41, 5.74) is 0.742. The molecule has 1 aromatic rings. The predicted octanol–water partition coefficient (Wildman–Crippen LogP) is 1.82. The van der Waals surface area contributed by atoms with Gasteiger partial charge in [-0.2, -0.15) is 0 Å². The normalized spacial score (nSPS) is 20.8. The first-order valence-electron chi connectivity index (χ1n) is 5.11. The minimum atomic E-state index is -0.141. The summed E-state index contributed by atoms with van der Waals surface area (Å²) in [5.74, 6) is 0.609. The van der Waals surface area contributed by atoms with Crippen molar-refractivity contribution in [1.29, 1.82) is 0 Å². The van der Waals surface area contributed by atoms with Crippen molar-refractivity contribution in [2.45, 2.75) is 6.10 Å². The number of aromatic hydroxyl groups is 1. The molecule has 1 saturated heterocycles. The molecular formula is C11H14BrNO3. The Morgan fingerprint density at radius 3 is 3.00 bits per heavy atom. The average Bonchev–Trinajstić information content (AvgIpc) is 2.31.